The zero-order valence-corrected chi connectivity index (χ0v) is 14.4. The normalized spacial score (nSPS) is 12.2. The van der Waals surface area contributed by atoms with Crippen molar-refractivity contribution in [1.82, 2.24) is 9.97 Å². The Kier molecular flexibility index (Phi) is 4.15. The van der Waals surface area contributed by atoms with Crippen molar-refractivity contribution in [2.75, 3.05) is 5.32 Å². The summed E-state index contributed by atoms with van der Waals surface area (Å²) in [6.45, 7) is 2.00. The topological polar surface area (TPSA) is 37.8 Å². The van der Waals surface area contributed by atoms with E-state index < -0.39 is 0 Å². The Morgan fingerprint density at radius 2 is 1.84 bits per heavy atom. The van der Waals surface area contributed by atoms with Crippen LogP contribution in [0.5, 0.6) is 0 Å². The number of nitrogens with zero attached hydrogens (tertiary/aromatic N) is 2. The molecule has 1 N–H and O–H groups in total. The molecule has 4 aromatic rings. The Morgan fingerprint density at radius 3 is 2.64 bits per heavy atom. The van der Waals surface area contributed by atoms with Gasteiger partial charge in [0.1, 0.15) is 5.82 Å². The fraction of sp³-hybridized carbons (Fsp3) is 0.100. The Hall–Kier alpha value is -2.79. The van der Waals surface area contributed by atoms with E-state index >= 15 is 0 Å². The maximum absolute atomic E-state index is 13.4. The highest BCUT2D eigenvalue weighted by molar-refractivity contribution is 7.22. The van der Waals surface area contributed by atoms with E-state index in [0.29, 0.717) is 0 Å². The Bertz CT molecular complexity index is 1010. The number of hydrogen-bond donors (Lipinski definition) is 1. The second kappa shape index (κ2) is 6.61. The first-order valence-electron chi connectivity index (χ1n) is 8.02. The summed E-state index contributed by atoms with van der Waals surface area (Å²) in [6, 6.07) is 16.8. The van der Waals surface area contributed by atoms with Crippen molar-refractivity contribution in [2.45, 2.75) is 13.0 Å². The number of thiazole rings is 1. The number of nitrogens with one attached hydrogen (secondary N) is 1. The van der Waals surface area contributed by atoms with Crippen LogP contribution in [-0.4, -0.2) is 9.97 Å². The standard InChI is InChI=1S/C20H16FN3S/c1-13(15-3-2-4-17(21)11-15)23-20-24-18-6-5-16(12-19(18)25-20)14-7-9-22-10-8-14/h2-13H,1H3,(H,23,24). The van der Waals surface area contributed by atoms with Gasteiger partial charge < -0.3 is 5.32 Å². The number of pyridine rings is 1. The molecule has 5 heteroatoms. The molecule has 0 amide bonds. The summed E-state index contributed by atoms with van der Waals surface area (Å²) in [5.41, 5.74) is 4.13. The van der Waals surface area contributed by atoms with Gasteiger partial charge in [-0.05, 0) is 60.0 Å². The van der Waals surface area contributed by atoms with Gasteiger partial charge in [-0.3, -0.25) is 4.98 Å². The molecule has 0 radical (unpaired) electrons. The molecule has 2 aromatic carbocycles. The quantitative estimate of drug-likeness (QED) is 0.516. The minimum Gasteiger partial charge on any atom is -0.355 e. The van der Waals surface area contributed by atoms with Gasteiger partial charge in [-0.2, -0.15) is 0 Å². The van der Waals surface area contributed by atoms with E-state index in [1.165, 1.54) is 6.07 Å². The summed E-state index contributed by atoms with van der Waals surface area (Å²) in [5, 5.41) is 4.20. The number of rotatable bonds is 4. The van der Waals surface area contributed by atoms with E-state index in [-0.39, 0.29) is 11.9 Å². The van der Waals surface area contributed by atoms with E-state index in [0.717, 1.165) is 32.0 Å². The van der Waals surface area contributed by atoms with Crippen molar-refractivity contribution in [3.63, 3.8) is 0 Å². The molecule has 0 aliphatic heterocycles. The van der Waals surface area contributed by atoms with E-state index in [1.807, 2.05) is 31.2 Å². The SMILES string of the molecule is CC(Nc1nc2ccc(-c3ccncc3)cc2s1)c1cccc(F)c1. The lowest BCUT2D eigenvalue weighted by atomic mass is 10.1. The third-order valence-electron chi connectivity index (χ3n) is 4.09. The molecule has 3 nitrogen and oxygen atoms in total. The highest BCUT2D eigenvalue weighted by Gasteiger charge is 2.10. The average molecular weight is 349 g/mol. The lowest BCUT2D eigenvalue weighted by Gasteiger charge is -2.13. The predicted octanol–water partition coefficient (Wildman–Crippen LogP) is 5.67. The summed E-state index contributed by atoms with van der Waals surface area (Å²) in [4.78, 5) is 8.70. The molecule has 1 atom stereocenters. The molecule has 0 saturated heterocycles. The molecular weight excluding hydrogens is 333 g/mol. The maximum Gasteiger partial charge on any atom is 0.184 e. The third kappa shape index (κ3) is 3.37. The number of halogens is 1. The number of aromatic nitrogens is 2. The lowest BCUT2D eigenvalue weighted by Crippen LogP contribution is -2.06. The van der Waals surface area contributed by atoms with Crippen LogP contribution in [-0.2, 0) is 0 Å². The zero-order chi connectivity index (χ0) is 17.2. The highest BCUT2D eigenvalue weighted by Crippen LogP contribution is 2.32. The molecule has 25 heavy (non-hydrogen) atoms. The number of benzene rings is 2. The molecule has 0 saturated carbocycles. The molecule has 0 aliphatic rings. The fourth-order valence-electron chi connectivity index (χ4n) is 2.75. The number of fused-ring (bicyclic) bond motifs is 1. The van der Waals surface area contributed by atoms with Gasteiger partial charge >= 0.3 is 0 Å². The van der Waals surface area contributed by atoms with Gasteiger partial charge in [-0.25, -0.2) is 9.37 Å². The van der Waals surface area contributed by atoms with Gasteiger partial charge in [0, 0.05) is 12.4 Å². The molecule has 2 aromatic heterocycles. The monoisotopic (exact) mass is 349 g/mol. The maximum atomic E-state index is 13.4. The predicted molar refractivity (Wildman–Crippen MR) is 101 cm³/mol. The Morgan fingerprint density at radius 1 is 1.00 bits per heavy atom. The van der Waals surface area contributed by atoms with E-state index in [9.17, 15) is 4.39 Å². The molecule has 124 valence electrons. The number of anilines is 1. The number of hydrogen-bond acceptors (Lipinski definition) is 4. The van der Waals surface area contributed by atoms with Gasteiger partial charge in [0.15, 0.2) is 5.13 Å². The molecule has 2 heterocycles. The second-order valence-electron chi connectivity index (χ2n) is 5.86. The van der Waals surface area contributed by atoms with Crippen LogP contribution in [0.15, 0.2) is 67.0 Å². The van der Waals surface area contributed by atoms with Crippen molar-refractivity contribution in [3.05, 3.63) is 78.4 Å². The second-order valence-corrected chi connectivity index (χ2v) is 6.89. The van der Waals surface area contributed by atoms with Crippen molar-refractivity contribution in [2.24, 2.45) is 0 Å². The zero-order valence-electron chi connectivity index (χ0n) is 13.6. The smallest absolute Gasteiger partial charge is 0.184 e. The van der Waals surface area contributed by atoms with Gasteiger partial charge in [-0.15, -0.1) is 0 Å². The third-order valence-corrected chi connectivity index (χ3v) is 5.04. The van der Waals surface area contributed by atoms with Crippen molar-refractivity contribution in [1.29, 1.82) is 0 Å². The molecule has 0 fully saturated rings. The van der Waals surface area contributed by atoms with Crippen LogP contribution < -0.4 is 5.32 Å². The molecule has 1 unspecified atom stereocenters. The summed E-state index contributed by atoms with van der Waals surface area (Å²) < 4.78 is 14.5. The van der Waals surface area contributed by atoms with Crippen LogP contribution in [0.2, 0.25) is 0 Å². The minimum atomic E-state index is -0.225. The van der Waals surface area contributed by atoms with E-state index in [4.69, 9.17) is 0 Å². The molecule has 0 aliphatic carbocycles. The summed E-state index contributed by atoms with van der Waals surface area (Å²) in [7, 11) is 0. The molecule has 0 bridgehead atoms. The van der Waals surface area contributed by atoms with E-state index in [2.05, 4.69) is 27.4 Å². The summed E-state index contributed by atoms with van der Waals surface area (Å²) in [5.74, 6) is -0.225. The van der Waals surface area contributed by atoms with Gasteiger partial charge in [0.2, 0.25) is 0 Å². The average Bonchev–Trinajstić information content (AvgIpc) is 3.03. The van der Waals surface area contributed by atoms with Crippen LogP contribution in [0.4, 0.5) is 9.52 Å². The Balaban J connectivity index is 1.61. The largest absolute Gasteiger partial charge is 0.355 e. The highest BCUT2D eigenvalue weighted by atomic mass is 32.1. The molecular formula is C20H16FN3S. The first-order valence-corrected chi connectivity index (χ1v) is 8.84. The van der Waals surface area contributed by atoms with Gasteiger partial charge in [0.25, 0.3) is 0 Å². The fourth-order valence-corrected chi connectivity index (χ4v) is 3.75. The van der Waals surface area contributed by atoms with Gasteiger partial charge in [0.05, 0.1) is 16.3 Å². The van der Waals surface area contributed by atoms with Crippen LogP contribution in [0.1, 0.15) is 18.5 Å². The molecule has 0 spiro atoms. The van der Waals surface area contributed by atoms with Crippen LogP contribution in [0.25, 0.3) is 21.3 Å². The lowest BCUT2D eigenvalue weighted by molar-refractivity contribution is 0.623. The molecule has 4 rings (SSSR count). The van der Waals surface area contributed by atoms with Crippen molar-refractivity contribution < 1.29 is 4.39 Å². The first-order chi connectivity index (χ1) is 12.2. The van der Waals surface area contributed by atoms with Crippen molar-refractivity contribution in [3.8, 4) is 11.1 Å². The van der Waals surface area contributed by atoms with Crippen LogP contribution >= 0.6 is 11.3 Å². The summed E-state index contributed by atoms with van der Waals surface area (Å²) in [6.07, 6.45) is 3.58. The first kappa shape index (κ1) is 15.7. The minimum absolute atomic E-state index is 0.0177. The van der Waals surface area contributed by atoms with Crippen molar-refractivity contribution >= 4 is 26.7 Å². The van der Waals surface area contributed by atoms with Gasteiger partial charge in [-0.1, -0.05) is 29.5 Å². The summed E-state index contributed by atoms with van der Waals surface area (Å²) >= 11 is 1.60. The van der Waals surface area contributed by atoms with Crippen LogP contribution in [0, 0.1) is 5.82 Å². The van der Waals surface area contributed by atoms with E-state index in [1.54, 1.807) is 35.9 Å². The Labute approximate surface area is 149 Å². The van der Waals surface area contributed by atoms with Crippen LogP contribution in [0.3, 0.4) is 0 Å².